The summed E-state index contributed by atoms with van der Waals surface area (Å²) in [5.41, 5.74) is 1.31. The summed E-state index contributed by atoms with van der Waals surface area (Å²) in [4.78, 5) is 0. The second kappa shape index (κ2) is 3.32. The summed E-state index contributed by atoms with van der Waals surface area (Å²) >= 11 is 5.21. The first kappa shape index (κ1) is 7.97. The number of rotatable bonds is 1. The molecule has 0 amide bonds. The van der Waals surface area contributed by atoms with Crippen molar-refractivity contribution in [2.45, 2.75) is 6.92 Å². The highest BCUT2D eigenvalue weighted by Gasteiger charge is 1.91. The van der Waals surface area contributed by atoms with Crippen molar-refractivity contribution in [3.63, 3.8) is 0 Å². The van der Waals surface area contributed by atoms with E-state index in [2.05, 4.69) is 37.9 Å². The number of benzene rings is 1. The van der Waals surface area contributed by atoms with Gasteiger partial charge in [0.05, 0.1) is 0 Å². The van der Waals surface area contributed by atoms with Crippen LogP contribution in [0.25, 0.3) is 0 Å². The predicted octanol–water partition coefficient (Wildman–Crippen LogP) is 1.93. The highest BCUT2D eigenvalue weighted by atomic mass is 32.4. The van der Waals surface area contributed by atoms with Gasteiger partial charge in [0, 0.05) is 0 Å². The fourth-order valence-electron chi connectivity index (χ4n) is 0.864. The van der Waals surface area contributed by atoms with Crippen LogP contribution in [0.15, 0.2) is 24.3 Å². The second-order valence-corrected chi connectivity index (χ2v) is 5.95. The number of aryl methyl sites for hydroxylation is 1. The molecule has 0 spiro atoms. The summed E-state index contributed by atoms with van der Waals surface area (Å²) in [5, 5.41) is 1.35. The molecule has 10 heavy (non-hydrogen) atoms. The van der Waals surface area contributed by atoms with Crippen molar-refractivity contribution in [2.75, 3.05) is 6.66 Å². The molecule has 0 saturated carbocycles. The van der Waals surface area contributed by atoms with Crippen LogP contribution >= 0.6 is 6.70 Å². The molecule has 1 rings (SSSR count). The van der Waals surface area contributed by atoms with E-state index in [0.29, 0.717) is 0 Å². The average molecular weight is 170 g/mol. The Kier molecular flexibility index (Phi) is 2.64. The van der Waals surface area contributed by atoms with Crippen molar-refractivity contribution in [1.82, 2.24) is 0 Å². The minimum absolute atomic E-state index is 0.651. The van der Waals surface area contributed by atoms with Gasteiger partial charge in [-0.15, -0.1) is 0 Å². The van der Waals surface area contributed by atoms with Gasteiger partial charge in [-0.25, -0.2) is 0 Å². The summed E-state index contributed by atoms with van der Waals surface area (Å²) < 4.78 is 0. The maximum Gasteiger partial charge on any atom is -0.0169 e. The minimum atomic E-state index is -0.651. The SMILES string of the molecule is Cc1cccc([PH](C)=S)c1. The lowest BCUT2D eigenvalue weighted by molar-refractivity contribution is 1.50. The van der Waals surface area contributed by atoms with Gasteiger partial charge >= 0.3 is 0 Å². The third-order valence-corrected chi connectivity index (χ3v) is 3.26. The van der Waals surface area contributed by atoms with E-state index < -0.39 is 6.70 Å². The molecule has 0 nitrogen and oxygen atoms in total. The standard InChI is InChI=1S/C8H11PS/c1-7-4-3-5-8(6-7)9(2)10/h3-6,9H,1-2H3. The van der Waals surface area contributed by atoms with Gasteiger partial charge in [0.25, 0.3) is 0 Å². The van der Waals surface area contributed by atoms with Crippen LogP contribution in [-0.4, -0.2) is 6.66 Å². The Bertz CT molecular complexity index is 255. The molecule has 0 heterocycles. The van der Waals surface area contributed by atoms with Crippen LogP contribution < -0.4 is 5.30 Å². The third kappa shape index (κ3) is 1.93. The molecule has 0 fully saturated rings. The molecular weight excluding hydrogens is 159 g/mol. The van der Waals surface area contributed by atoms with Gasteiger partial charge in [-0.2, -0.15) is 0 Å². The van der Waals surface area contributed by atoms with Gasteiger partial charge in [-0.05, 0) is 25.6 Å². The molecule has 1 unspecified atom stereocenters. The Morgan fingerprint density at radius 3 is 2.50 bits per heavy atom. The summed E-state index contributed by atoms with van der Waals surface area (Å²) in [5.74, 6) is 0. The fraction of sp³-hybridized carbons (Fsp3) is 0.250. The first-order valence-corrected chi connectivity index (χ1v) is 6.41. The molecule has 0 bridgehead atoms. The normalized spacial score (nSPS) is 13.0. The van der Waals surface area contributed by atoms with Crippen molar-refractivity contribution in [3.05, 3.63) is 29.8 Å². The topological polar surface area (TPSA) is 0 Å². The molecule has 0 N–H and O–H groups in total. The Hall–Kier alpha value is -0.130. The molecule has 54 valence electrons. The summed E-state index contributed by atoms with van der Waals surface area (Å²) in [6, 6.07) is 8.48. The average Bonchev–Trinajstić information content (AvgIpc) is 1.88. The van der Waals surface area contributed by atoms with E-state index in [-0.39, 0.29) is 0 Å². The minimum Gasteiger partial charge on any atom is -0.0963 e. The fourth-order valence-corrected chi connectivity index (χ4v) is 2.01. The monoisotopic (exact) mass is 170 g/mol. The molecule has 0 aliphatic carbocycles. The molecule has 1 atom stereocenters. The molecule has 0 aliphatic heterocycles. The van der Waals surface area contributed by atoms with E-state index in [0.717, 1.165) is 0 Å². The largest absolute Gasteiger partial charge is 0.0963 e. The molecule has 1 aromatic carbocycles. The second-order valence-electron chi connectivity index (χ2n) is 2.43. The Morgan fingerprint density at radius 1 is 1.40 bits per heavy atom. The lowest BCUT2D eigenvalue weighted by atomic mass is 10.2. The summed E-state index contributed by atoms with van der Waals surface area (Å²) in [6.45, 7) is 3.58. The zero-order valence-electron chi connectivity index (χ0n) is 6.22. The van der Waals surface area contributed by atoms with Crippen molar-refractivity contribution < 1.29 is 0 Å². The van der Waals surface area contributed by atoms with Crippen LogP contribution in [0.5, 0.6) is 0 Å². The lowest BCUT2D eigenvalue weighted by Gasteiger charge is -1.98. The smallest absolute Gasteiger partial charge is 0.0169 e. The van der Waals surface area contributed by atoms with Crippen LogP contribution in [0.4, 0.5) is 0 Å². The maximum absolute atomic E-state index is 5.21. The van der Waals surface area contributed by atoms with Gasteiger partial charge in [0.15, 0.2) is 0 Å². The van der Waals surface area contributed by atoms with Crippen LogP contribution in [0.1, 0.15) is 5.56 Å². The number of hydrogen-bond donors (Lipinski definition) is 0. The zero-order valence-corrected chi connectivity index (χ0v) is 8.03. The first-order valence-electron chi connectivity index (χ1n) is 3.28. The van der Waals surface area contributed by atoms with E-state index in [1.807, 2.05) is 0 Å². The molecule has 0 aromatic heterocycles. The van der Waals surface area contributed by atoms with Gasteiger partial charge in [-0.3, -0.25) is 0 Å². The van der Waals surface area contributed by atoms with E-state index in [9.17, 15) is 0 Å². The summed E-state index contributed by atoms with van der Waals surface area (Å²) in [6.07, 6.45) is 0. The third-order valence-electron chi connectivity index (χ3n) is 1.42. The predicted molar refractivity (Wildman–Crippen MR) is 52.4 cm³/mol. The van der Waals surface area contributed by atoms with Gasteiger partial charge in [0.2, 0.25) is 0 Å². The maximum atomic E-state index is 5.21. The van der Waals surface area contributed by atoms with E-state index in [4.69, 9.17) is 11.8 Å². The first-order chi connectivity index (χ1) is 4.70. The lowest BCUT2D eigenvalue weighted by Crippen LogP contribution is -1.93. The molecular formula is C8H11PS. The Balaban J connectivity index is 3.07. The molecule has 0 radical (unpaired) electrons. The van der Waals surface area contributed by atoms with Crippen LogP contribution in [-0.2, 0) is 11.8 Å². The molecule has 0 saturated heterocycles. The Labute approximate surface area is 67.7 Å². The number of hydrogen-bond acceptors (Lipinski definition) is 1. The Morgan fingerprint density at radius 2 is 2.10 bits per heavy atom. The van der Waals surface area contributed by atoms with E-state index >= 15 is 0 Å². The van der Waals surface area contributed by atoms with Crippen LogP contribution in [0, 0.1) is 6.92 Å². The van der Waals surface area contributed by atoms with Gasteiger partial charge in [-0.1, -0.05) is 41.6 Å². The van der Waals surface area contributed by atoms with Crippen molar-refractivity contribution in [1.29, 1.82) is 0 Å². The highest BCUT2D eigenvalue weighted by Crippen LogP contribution is 2.13. The van der Waals surface area contributed by atoms with Crippen LogP contribution in [0.2, 0.25) is 0 Å². The van der Waals surface area contributed by atoms with E-state index in [1.54, 1.807) is 0 Å². The molecule has 0 aliphatic rings. The van der Waals surface area contributed by atoms with Gasteiger partial charge in [0.1, 0.15) is 0 Å². The van der Waals surface area contributed by atoms with E-state index in [1.165, 1.54) is 10.9 Å². The van der Waals surface area contributed by atoms with Gasteiger partial charge < -0.3 is 0 Å². The van der Waals surface area contributed by atoms with Crippen molar-refractivity contribution in [2.24, 2.45) is 0 Å². The summed E-state index contributed by atoms with van der Waals surface area (Å²) in [7, 11) is 0. The molecule has 2 heteroatoms. The highest BCUT2D eigenvalue weighted by molar-refractivity contribution is 8.08. The van der Waals surface area contributed by atoms with Crippen LogP contribution in [0.3, 0.4) is 0 Å². The van der Waals surface area contributed by atoms with Crippen molar-refractivity contribution in [3.8, 4) is 0 Å². The quantitative estimate of drug-likeness (QED) is 0.580. The molecule has 1 aromatic rings. The van der Waals surface area contributed by atoms with Crippen molar-refractivity contribution >= 4 is 23.8 Å². The zero-order chi connectivity index (χ0) is 7.56.